The predicted molar refractivity (Wildman–Crippen MR) is 85.2 cm³/mol. The van der Waals surface area contributed by atoms with Gasteiger partial charge in [-0.2, -0.15) is 0 Å². The van der Waals surface area contributed by atoms with E-state index in [4.69, 9.17) is 0 Å². The van der Waals surface area contributed by atoms with Crippen LogP contribution in [0.2, 0.25) is 0 Å². The third-order valence-electron chi connectivity index (χ3n) is 2.24. The van der Waals surface area contributed by atoms with Gasteiger partial charge in [0.05, 0.1) is 4.92 Å². The van der Waals surface area contributed by atoms with Crippen molar-refractivity contribution in [1.82, 2.24) is 0 Å². The minimum atomic E-state index is -0.365. The molecular weight excluding hydrogens is 431 g/mol. The molecule has 0 aliphatic rings. The summed E-state index contributed by atoms with van der Waals surface area (Å²) < 4.78 is 2.17. The molecule has 0 amide bonds. The second-order valence-corrected chi connectivity index (χ2v) is 6.44. The molecule has 1 N–H and O–H groups in total. The topological polar surface area (TPSA) is 55.2 Å². The lowest BCUT2D eigenvalue weighted by atomic mass is 10.3. The fourth-order valence-corrected chi connectivity index (χ4v) is 2.80. The first kappa shape index (κ1) is 13.8. The number of hydrogen-bond acceptors (Lipinski definition) is 4. The molecule has 7 heteroatoms. The van der Waals surface area contributed by atoms with Crippen molar-refractivity contribution in [2.24, 2.45) is 0 Å². The number of benzene rings is 1. The van der Waals surface area contributed by atoms with E-state index in [1.807, 2.05) is 18.2 Å². The van der Waals surface area contributed by atoms with Crippen LogP contribution < -0.4 is 5.32 Å². The summed E-state index contributed by atoms with van der Waals surface area (Å²) in [6.07, 6.45) is 0. The normalized spacial score (nSPS) is 10.3. The van der Waals surface area contributed by atoms with Gasteiger partial charge >= 0.3 is 5.00 Å². The summed E-state index contributed by atoms with van der Waals surface area (Å²) in [7, 11) is 0. The Morgan fingerprint density at radius 2 is 2.22 bits per heavy atom. The van der Waals surface area contributed by atoms with Crippen LogP contribution >= 0.6 is 49.9 Å². The molecule has 0 saturated carbocycles. The Morgan fingerprint density at radius 3 is 2.83 bits per heavy atom. The average Bonchev–Trinajstić information content (AvgIpc) is 2.79. The zero-order valence-corrected chi connectivity index (χ0v) is 13.6. The molecule has 0 aliphatic carbocycles. The number of hydrogen-bond donors (Lipinski definition) is 1. The second kappa shape index (κ2) is 5.98. The monoisotopic (exact) mass is 438 g/mol. The number of nitro groups is 1. The Kier molecular flexibility index (Phi) is 4.57. The van der Waals surface area contributed by atoms with Gasteiger partial charge in [-0.25, -0.2) is 0 Å². The summed E-state index contributed by atoms with van der Waals surface area (Å²) in [6.45, 7) is 0.581. The summed E-state index contributed by atoms with van der Waals surface area (Å²) in [5, 5.41) is 15.8. The van der Waals surface area contributed by atoms with Crippen molar-refractivity contribution in [3.05, 3.63) is 53.4 Å². The van der Waals surface area contributed by atoms with Gasteiger partial charge in [0.15, 0.2) is 0 Å². The SMILES string of the molecule is O=[N+]([O-])c1cc(CNc2ccc(I)c(Br)c2)cs1. The van der Waals surface area contributed by atoms with Crippen LogP contribution in [0.15, 0.2) is 34.1 Å². The van der Waals surface area contributed by atoms with Crippen molar-refractivity contribution < 1.29 is 4.92 Å². The first-order chi connectivity index (χ1) is 8.56. The molecule has 0 atom stereocenters. The van der Waals surface area contributed by atoms with Gasteiger partial charge in [-0.05, 0) is 62.3 Å². The molecule has 0 spiro atoms. The Bertz CT molecular complexity index is 588. The highest BCUT2D eigenvalue weighted by atomic mass is 127. The third kappa shape index (κ3) is 3.42. The molecular formula is C11H8BrIN2O2S. The molecule has 2 rings (SSSR count). The molecule has 0 radical (unpaired) electrons. The summed E-state index contributed by atoms with van der Waals surface area (Å²) >= 11 is 6.85. The summed E-state index contributed by atoms with van der Waals surface area (Å²) in [6, 6.07) is 7.57. The maximum absolute atomic E-state index is 10.6. The molecule has 0 saturated heterocycles. The number of anilines is 1. The highest BCUT2D eigenvalue weighted by molar-refractivity contribution is 14.1. The Balaban J connectivity index is 2.02. The first-order valence-corrected chi connectivity index (χ1v) is 7.72. The van der Waals surface area contributed by atoms with E-state index >= 15 is 0 Å². The zero-order chi connectivity index (χ0) is 13.1. The van der Waals surface area contributed by atoms with E-state index in [-0.39, 0.29) is 9.92 Å². The minimum absolute atomic E-state index is 0.176. The molecule has 1 aromatic carbocycles. The van der Waals surface area contributed by atoms with Crippen LogP contribution in [-0.4, -0.2) is 4.92 Å². The van der Waals surface area contributed by atoms with Gasteiger partial charge in [-0.15, -0.1) is 0 Å². The van der Waals surface area contributed by atoms with E-state index in [1.54, 1.807) is 11.4 Å². The molecule has 18 heavy (non-hydrogen) atoms. The largest absolute Gasteiger partial charge is 0.381 e. The van der Waals surface area contributed by atoms with E-state index in [2.05, 4.69) is 43.8 Å². The standard InChI is InChI=1S/C11H8BrIN2O2S/c12-9-4-8(1-2-10(9)13)14-5-7-3-11(15(16)17)18-6-7/h1-4,6,14H,5H2. The lowest BCUT2D eigenvalue weighted by molar-refractivity contribution is -0.380. The maximum atomic E-state index is 10.6. The van der Waals surface area contributed by atoms with Gasteiger partial charge in [-0.3, -0.25) is 10.1 Å². The van der Waals surface area contributed by atoms with Crippen LogP contribution in [0.3, 0.4) is 0 Å². The number of nitrogens with one attached hydrogen (secondary N) is 1. The fraction of sp³-hybridized carbons (Fsp3) is 0.0909. The van der Waals surface area contributed by atoms with Gasteiger partial charge in [0.1, 0.15) is 0 Å². The molecule has 1 aromatic heterocycles. The maximum Gasteiger partial charge on any atom is 0.324 e. The number of nitrogens with zero attached hydrogens (tertiary/aromatic N) is 1. The Morgan fingerprint density at radius 1 is 1.44 bits per heavy atom. The van der Waals surface area contributed by atoms with E-state index in [0.29, 0.717) is 6.54 Å². The molecule has 4 nitrogen and oxygen atoms in total. The quantitative estimate of drug-likeness (QED) is 0.430. The minimum Gasteiger partial charge on any atom is -0.381 e. The summed E-state index contributed by atoms with van der Waals surface area (Å²) in [4.78, 5) is 10.2. The van der Waals surface area contributed by atoms with Crippen LogP contribution in [-0.2, 0) is 6.54 Å². The van der Waals surface area contributed by atoms with Crippen LogP contribution in [0.25, 0.3) is 0 Å². The molecule has 0 fully saturated rings. The predicted octanol–water partition coefficient (Wildman–Crippen LogP) is 4.64. The Labute approximate surface area is 130 Å². The second-order valence-electron chi connectivity index (χ2n) is 3.53. The van der Waals surface area contributed by atoms with Crippen molar-refractivity contribution >= 4 is 60.5 Å². The first-order valence-electron chi connectivity index (χ1n) is 4.97. The molecule has 0 bridgehead atoms. The van der Waals surface area contributed by atoms with E-state index in [1.165, 1.54) is 0 Å². The molecule has 0 aliphatic heterocycles. The van der Waals surface area contributed by atoms with Gasteiger partial charge < -0.3 is 5.32 Å². The lowest BCUT2D eigenvalue weighted by Crippen LogP contribution is -1.98. The van der Waals surface area contributed by atoms with Gasteiger partial charge in [-0.1, -0.05) is 11.3 Å². The van der Waals surface area contributed by atoms with Crippen LogP contribution in [0.1, 0.15) is 5.56 Å². The van der Waals surface area contributed by atoms with Crippen molar-refractivity contribution in [2.75, 3.05) is 5.32 Å². The average molecular weight is 439 g/mol. The fourth-order valence-electron chi connectivity index (χ4n) is 1.36. The van der Waals surface area contributed by atoms with Gasteiger partial charge in [0.2, 0.25) is 0 Å². The molecule has 2 aromatic rings. The van der Waals surface area contributed by atoms with Gasteiger partial charge in [0, 0.05) is 31.7 Å². The van der Waals surface area contributed by atoms with Crippen molar-refractivity contribution in [3.8, 4) is 0 Å². The molecule has 0 unspecified atom stereocenters. The zero-order valence-electron chi connectivity index (χ0n) is 9.02. The van der Waals surface area contributed by atoms with E-state index in [0.717, 1.165) is 30.6 Å². The van der Waals surface area contributed by atoms with Crippen molar-refractivity contribution in [3.63, 3.8) is 0 Å². The smallest absolute Gasteiger partial charge is 0.324 e. The number of thiophene rings is 1. The van der Waals surface area contributed by atoms with E-state index in [9.17, 15) is 10.1 Å². The number of halogens is 2. The third-order valence-corrected chi connectivity index (χ3v) is 5.50. The lowest BCUT2D eigenvalue weighted by Gasteiger charge is -2.06. The Hall–Kier alpha value is -0.670. The molecule has 94 valence electrons. The van der Waals surface area contributed by atoms with Crippen LogP contribution in [0.5, 0.6) is 0 Å². The van der Waals surface area contributed by atoms with Crippen LogP contribution in [0, 0.1) is 13.7 Å². The van der Waals surface area contributed by atoms with E-state index < -0.39 is 0 Å². The molecule has 1 heterocycles. The summed E-state index contributed by atoms with van der Waals surface area (Å²) in [5.74, 6) is 0. The van der Waals surface area contributed by atoms with Gasteiger partial charge in [0.25, 0.3) is 0 Å². The van der Waals surface area contributed by atoms with Crippen molar-refractivity contribution in [2.45, 2.75) is 6.54 Å². The highest BCUT2D eigenvalue weighted by Gasteiger charge is 2.09. The number of rotatable bonds is 4. The summed E-state index contributed by atoms with van der Waals surface area (Å²) in [5.41, 5.74) is 1.90. The van der Waals surface area contributed by atoms with Crippen molar-refractivity contribution in [1.29, 1.82) is 0 Å². The van der Waals surface area contributed by atoms with Crippen LogP contribution in [0.4, 0.5) is 10.7 Å². The highest BCUT2D eigenvalue weighted by Crippen LogP contribution is 2.25.